The first kappa shape index (κ1) is 18.4. The van der Waals surface area contributed by atoms with Gasteiger partial charge in [-0.3, -0.25) is 9.59 Å². The van der Waals surface area contributed by atoms with Gasteiger partial charge in [0.05, 0.1) is 7.11 Å². The predicted octanol–water partition coefficient (Wildman–Crippen LogP) is 3.09. The van der Waals surface area contributed by atoms with E-state index < -0.39 is 30.1 Å². The van der Waals surface area contributed by atoms with Crippen molar-refractivity contribution in [2.45, 2.75) is 12.8 Å². The van der Waals surface area contributed by atoms with Crippen LogP contribution in [0.5, 0.6) is 5.75 Å². The topological polar surface area (TPSA) is 64.6 Å². The molecule has 132 valence electrons. The molecule has 0 spiro atoms. The number of carbonyl (C=O) groups is 2. The van der Waals surface area contributed by atoms with Crippen LogP contribution in [0.4, 0.5) is 14.5 Å². The molecule has 0 aromatic heterocycles. The maximum atomic E-state index is 13.0. The normalized spacial score (nSPS) is 10.2. The third-order valence-corrected chi connectivity index (χ3v) is 3.36. The van der Waals surface area contributed by atoms with Crippen LogP contribution in [0.25, 0.3) is 0 Å². The fourth-order valence-corrected chi connectivity index (χ4v) is 2.14. The highest BCUT2D eigenvalue weighted by Crippen LogP contribution is 2.19. The molecule has 5 nitrogen and oxygen atoms in total. The number of ether oxygens (including phenoxy) is 2. The number of amides is 1. The molecule has 0 bridgehead atoms. The predicted molar refractivity (Wildman–Crippen MR) is 87.3 cm³/mol. The smallest absolute Gasteiger partial charge is 0.306 e. The zero-order valence-electron chi connectivity index (χ0n) is 13.6. The van der Waals surface area contributed by atoms with E-state index in [1.807, 2.05) is 18.2 Å². The molecule has 0 fully saturated rings. The lowest BCUT2D eigenvalue weighted by Gasteiger charge is -2.09. The fourth-order valence-electron chi connectivity index (χ4n) is 2.14. The molecule has 2 aromatic carbocycles. The number of rotatable bonds is 7. The van der Waals surface area contributed by atoms with Gasteiger partial charge in [-0.25, -0.2) is 8.78 Å². The highest BCUT2D eigenvalue weighted by Gasteiger charge is 2.11. The Morgan fingerprint density at radius 3 is 2.56 bits per heavy atom. The zero-order valence-corrected chi connectivity index (χ0v) is 13.6. The van der Waals surface area contributed by atoms with Crippen LogP contribution < -0.4 is 10.1 Å². The van der Waals surface area contributed by atoms with Crippen LogP contribution in [0.2, 0.25) is 0 Å². The van der Waals surface area contributed by atoms with Crippen molar-refractivity contribution in [1.29, 1.82) is 0 Å². The van der Waals surface area contributed by atoms with Crippen molar-refractivity contribution in [3.63, 3.8) is 0 Å². The first-order chi connectivity index (χ1) is 12.0. The largest absolute Gasteiger partial charge is 0.496 e. The second-order valence-corrected chi connectivity index (χ2v) is 5.15. The van der Waals surface area contributed by atoms with E-state index in [0.717, 1.165) is 17.7 Å². The van der Waals surface area contributed by atoms with E-state index in [2.05, 4.69) is 5.32 Å². The summed E-state index contributed by atoms with van der Waals surface area (Å²) in [6, 6.07) is 10.2. The Balaban J connectivity index is 1.77. The van der Waals surface area contributed by atoms with Crippen molar-refractivity contribution in [3.05, 3.63) is 59.7 Å². The van der Waals surface area contributed by atoms with E-state index in [0.29, 0.717) is 12.2 Å². The summed E-state index contributed by atoms with van der Waals surface area (Å²) in [5.41, 5.74) is 0.933. The molecule has 0 saturated carbocycles. The number of aryl methyl sites for hydroxylation is 1. The SMILES string of the molecule is COc1ccccc1CCC(=O)OCC(=O)Nc1ccc(F)c(F)c1. The lowest BCUT2D eigenvalue weighted by molar-refractivity contribution is -0.147. The number of hydrogen-bond donors (Lipinski definition) is 1. The third kappa shape index (κ3) is 5.56. The van der Waals surface area contributed by atoms with E-state index in [4.69, 9.17) is 9.47 Å². The molecule has 0 heterocycles. The second-order valence-electron chi connectivity index (χ2n) is 5.15. The first-order valence-corrected chi connectivity index (χ1v) is 7.52. The highest BCUT2D eigenvalue weighted by atomic mass is 19.2. The highest BCUT2D eigenvalue weighted by molar-refractivity contribution is 5.92. The summed E-state index contributed by atoms with van der Waals surface area (Å²) < 4.78 is 35.9. The zero-order chi connectivity index (χ0) is 18.2. The van der Waals surface area contributed by atoms with Crippen LogP contribution >= 0.6 is 0 Å². The first-order valence-electron chi connectivity index (χ1n) is 7.52. The number of hydrogen-bond acceptors (Lipinski definition) is 4. The summed E-state index contributed by atoms with van der Waals surface area (Å²) >= 11 is 0. The third-order valence-electron chi connectivity index (χ3n) is 3.36. The van der Waals surface area contributed by atoms with Gasteiger partial charge < -0.3 is 14.8 Å². The van der Waals surface area contributed by atoms with Gasteiger partial charge in [-0.1, -0.05) is 18.2 Å². The van der Waals surface area contributed by atoms with E-state index in [1.165, 1.54) is 6.07 Å². The van der Waals surface area contributed by atoms with Crippen LogP contribution in [0, 0.1) is 11.6 Å². The van der Waals surface area contributed by atoms with Crippen molar-refractivity contribution in [1.82, 2.24) is 0 Å². The van der Waals surface area contributed by atoms with Gasteiger partial charge in [0.2, 0.25) is 0 Å². The van der Waals surface area contributed by atoms with Crippen molar-refractivity contribution >= 4 is 17.6 Å². The van der Waals surface area contributed by atoms with Crippen molar-refractivity contribution in [2.24, 2.45) is 0 Å². The van der Waals surface area contributed by atoms with Crippen LogP contribution in [0.3, 0.4) is 0 Å². The minimum absolute atomic E-state index is 0.0778. The van der Waals surface area contributed by atoms with Crippen molar-refractivity contribution in [2.75, 3.05) is 19.0 Å². The number of methoxy groups -OCH3 is 1. The Labute approximate surface area is 143 Å². The minimum atomic E-state index is -1.08. The molecular formula is C18H17F2NO4. The number of halogens is 2. The van der Waals surface area contributed by atoms with Gasteiger partial charge >= 0.3 is 5.97 Å². The minimum Gasteiger partial charge on any atom is -0.496 e. The van der Waals surface area contributed by atoms with Gasteiger partial charge in [0.15, 0.2) is 18.2 Å². The quantitative estimate of drug-likeness (QED) is 0.780. The molecule has 0 saturated heterocycles. The van der Waals surface area contributed by atoms with E-state index in [9.17, 15) is 18.4 Å². The number of para-hydroxylation sites is 1. The Morgan fingerprint density at radius 2 is 1.84 bits per heavy atom. The van der Waals surface area contributed by atoms with Gasteiger partial charge in [-0.05, 0) is 30.2 Å². The molecule has 0 aliphatic rings. The standard InChI is InChI=1S/C18H17F2NO4/c1-24-16-5-3-2-4-12(16)6-9-18(23)25-11-17(22)21-13-7-8-14(19)15(20)10-13/h2-5,7-8,10H,6,9,11H2,1H3,(H,21,22). The van der Waals surface area contributed by atoms with Crippen molar-refractivity contribution in [3.8, 4) is 5.75 Å². The molecule has 1 N–H and O–H groups in total. The summed E-state index contributed by atoms with van der Waals surface area (Å²) in [4.78, 5) is 23.4. The monoisotopic (exact) mass is 349 g/mol. The van der Waals surface area contributed by atoms with Gasteiger partial charge in [0, 0.05) is 18.2 Å². The Hall–Kier alpha value is -2.96. The number of carbonyl (C=O) groups excluding carboxylic acids is 2. The summed E-state index contributed by atoms with van der Waals surface area (Å²) in [6.45, 7) is -0.510. The number of anilines is 1. The number of nitrogens with one attached hydrogen (secondary N) is 1. The Morgan fingerprint density at radius 1 is 1.08 bits per heavy atom. The van der Waals surface area contributed by atoms with E-state index in [1.54, 1.807) is 13.2 Å². The van der Waals surface area contributed by atoms with Gasteiger partial charge in [-0.2, -0.15) is 0 Å². The maximum Gasteiger partial charge on any atom is 0.306 e. The molecule has 2 rings (SSSR count). The van der Waals surface area contributed by atoms with Crippen molar-refractivity contribution < 1.29 is 27.8 Å². The fraction of sp³-hybridized carbons (Fsp3) is 0.222. The molecule has 1 amide bonds. The molecule has 0 aliphatic carbocycles. The molecule has 2 aromatic rings. The molecule has 0 unspecified atom stereocenters. The lowest BCUT2D eigenvalue weighted by atomic mass is 10.1. The van der Waals surface area contributed by atoms with Crippen LogP contribution in [-0.2, 0) is 20.7 Å². The molecule has 0 atom stereocenters. The average molecular weight is 349 g/mol. The lowest BCUT2D eigenvalue weighted by Crippen LogP contribution is -2.21. The summed E-state index contributed by atoms with van der Waals surface area (Å²) in [6.07, 6.45) is 0.493. The maximum absolute atomic E-state index is 13.0. The molecular weight excluding hydrogens is 332 g/mol. The van der Waals surface area contributed by atoms with Gasteiger partial charge in [-0.15, -0.1) is 0 Å². The van der Waals surface area contributed by atoms with Crippen LogP contribution in [-0.4, -0.2) is 25.6 Å². The molecule has 0 radical (unpaired) electrons. The summed E-state index contributed by atoms with van der Waals surface area (Å²) in [7, 11) is 1.54. The summed E-state index contributed by atoms with van der Waals surface area (Å²) in [5, 5.41) is 2.31. The Kier molecular flexibility index (Phi) is 6.45. The van der Waals surface area contributed by atoms with Crippen LogP contribution in [0.1, 0.15) is 12.0 Å². The molecule has 25 heavy (non-hydrogen) atoms. The Bertz CT molecular complexity index is 764. The number of benzene rings is 2. The average Bonchev–Trinajstić information content (AvgIpc) is 2.61. The van der Waals surface area contributed by atoms with Crippen LogP contribution in [0.15, 0.2) is 42.5 Å². The second kappa shape index (κ2) is 8.77. The van der Waals surface area contributed by atoms with Gasteiger partial charge in [0.25, 0.3) is 5.91 Å². The number of esters is 1. The van der Waals surface area contributed by atoms with E-state index in [-0.39, 0.29) is 12.1 Å². The molecule has 0 aliphatic heterocycles. The van der Waals surface area contributed by atoms with Gasteiger partial charge in [0.1, 0.15) is 5.75 Å². The molecule has 7 heteroatoms. The summed E-state index contributed by atoms with van der Waals surface area (Å²) in [5.74, 6) is -2.61. The van der Waals surface area contributed by atoms with E-state index >= 15 is 0 Å².